The van der Waals surface area contributed by atoms with Crippen LogP contribution in [0.1, 0.15) is 18.2 Å². The zero-order valence-corrected chi connectivity index (χ0v) is 11.0. The summed E-state index contributed by atoms with van der Waals surface area (Å²) in [6, 6.07) is 8.37. The normalized spacial score (nSPS) is 10.3. The topological polar surface area (TPSA) is 47.0 Å². The molecule has 19 heavy (non-hydrogen) atoms. The number of nitrogens with zero attached hydrogens (tertiary/aromatic N) is 2. The van der Waals surface area contributed by atoms with Crippen LogP contribution in [0.2, 0.25) is 0 Å². The molecular formula is C14H16FN3O. The second kappa shape index (κ2) is 6.13. The molecule has 100 valence electrons. The second-order valence-corrected chi connectivity index (χ2v) is 4.05. The molecule has 1 aromatic carbocycles. The number of benzene rings is 1. The van der Waals surface area contributed by atoms with Crippen molar-refractivity contribution in [2.45, 2.75) is 20.4 Å². The van der Waals surface area contributed by atoms with E-state index < -0.39 is 0 Å². The van der Waals surface area contributed by atoms with Crippen molar-refractivity contribution < 1.29 is 9.13 Å². The Bertz CT molecular complexity index is 560. The van der Waals surface area contributed by atoms with Gasteiger partial charge in [0, 0.05) is 23.9 Å². The Labute approximate surface area is 111 Å². The van der Waals surface area contributed by atoms with E-state index in [1.807, 2.05) is 13.8 Å². The molecule has 0 radical (unpaired) electrons. The maximum Gasteiger partial charge on any atom is 0.226 e. The van der Waals surface area contributed by atoms with Crippen molar-refractivity contribution >= 4 is 5.95 Å². The molecule has 0 spiro atoms. The van der Waals surface area contributed by atoms with Crippen molar-refractivity contribution in [2.75, 3.05) is 11.9 Å². The number of anilines is 1. The fraction of sp³-hybridized carbons (Fsp3) is 0.286. The van der Waals surface area contributed by atoms with E-state index >= 15 is 0 Å². The first kappa shape index (κ1) is 13.3. The molecule has 0 saturated heterocycles. The molecule has 1 aromatic heterocycles. The summed E-state index contributed by atoms with van der Waals surface area (Å²) in [7, 11) is 0. The third-order valence-corrected chi connectivity index (χ3v) is 2.52. The lowest BCUT2D eigenvalue weighted by Crippen LogP contribution is -2.07. The van der Waals surface area contributed by atoms with E-state index in [2.05, 4.69) is 15.3 Å². The van der Waals surface area contributed by atoms with Crippen LogP contribution in [0.3, 0.4) is 0 Å². The number of ether oxygens (including phenoxy) is 1. The lowest BCUT2D eigenvalue weighted by atomic mass is 10.2. The van der Waals surface area contributed by atoms with Gasteiger partial charge in [-0.2, -0.15) is 4.98 Å². The molecule has 0 aliphatic rings. The van der Waals surface area contributed by atoms with Gasteiger partial charge in [0.15, 0.2) is 0 Å². The van der Waals surface area contributed by atoms with Crippen molar-refractivity contribution in [1.82, 2.24) is 9.97 Å². The van der Waals surface area contributed by atoms with Crippen molar-refractivity contribution in [2.24, 2.45) is 0 Å². The van der Waals surface area contributed by atoms with E-state index in [-0.39, 0.29) is 5.82 Å². The number of nitrogens with one attached hydrogen (secondary N) is 1. The summed E-state index contributed by atoms with van der Waals surface area (Å²) in [5.74, 6) is 0.713. The van der Waals surface area contributed by atoms with Crippen LogP contribution >= 0.6 is 0 Å². The van der Waals surface area contributed by atoms with E-state index in [4.69, 9.17) is 4.74 Å². The number of halogens is 1. The molecule has 0 saturated carbocycles. The maximum absolute atomic E-state index is 13.5. The van der Waals surface area contributed by atoms with Crippen molar-refractivity contribution in [3.63, 3.8) is 0 Å². The molecule has 0 aliphatic heterocycles. The molecule has 5 heteroatoms. The molecule has 2 aromatic rings. The van der Waals surface area contributed by atoms with Crippen molar-refractivity contribution in [1.29, 1.82) is 0 Å². The Kier molecular flexibility index (Phi) is 4.28. The smallest absolute Gasteiger partial charge is 0.226 e. The molecule has 0 unspecified atom stereocenters. The summed E-state index contributed by atoms with van der Waals surface area (Å²) in [5.41, 5.74) is 1.38. The Morgan fingerprint density at radius 3 is 2.79 bits per heavy atom. The molecule has 2 rings (SSSR count). The van der Waals surface area contributed by atoms with Crippen LogP contribution in [0.4, 0.5) is 10.3 Å². The molecule has 0 amide bonds. The van der Waals surface area contributed by atoms with Gasteiger partial charge in [0.05, 0.1) is 6.61 Å². The van der Waals surface area contributed by atoms with Crippen LogP contribution in [-0.2, 0) is 6.54 Å². The molecular weight excluding hydrogens is 245 g/mol. The summed E-state index contributed by atoms with van der Waals surface area (Å²) in [6.45, 7) is 4.63. The summed E-state index contributed by atoms with van der Waals surface area (Å²) < 4.78 is 18.8. The summed E-state index contributed by atoms with van der Waals surface area (Å²) in [5, 5.41) is 3.00. The summed E-state index contributed by atoms with van der Waals surface area (Å²) >= 11 is 0. The van der Waals surface area contributed by atoms with Gasteiger partial charge in [0.2, 0.25) is 11.8 Å². The third kappa shape index (κ3) is 3.64. The largest absolute Gasteiger partial charge is 0.478 e. The highest BCUT2D eigenvalue weighted by atomic mass is 19.1. The highest BCUT2D eigenvalue weighted by Gasteiger charge is 2.04. The Morgan fingerprint density at radius 2 is 2.05 bits per heavy atom. The fourth-order valence-corrected chi connectivity index (χ4v) is 1.66. The first-order chi connectivity index (χ1) is 9.19. The van der Waals surface area contributed by atoms with Gasteiger partial charge in [0.25, 0.3) is 0 Å². The minimum atomic E-state index is -0.243. The predicted octanol–water partition coefficient (Wildman–Crippen LogP) is 2.93. The van der Waals surface area contributed by atoms with Crippen LogP contribution in [0.5, 0.6) is 5.88 Å². The van der Waals surface area contributed by atoms with E-state index in [1.54, 1.807) is 24.3 Å². The van der Waals surface area contributed by atoms with E-state index in [0.29, 0.717) is 30.5 Å². The monoisotopic (exact) mass is 261 g/mol. The standard InChI is InChI=1S/C14H16FN3O/c1-3-19-13-8-10(2)17-14(18-13)16-9-11-6-4-5-7-12(11)15/h4-8H,3,9H2,1-2H3,(H,16,17,18). The molecule has 4 nitrogen and oxygen atoms in total. The first-order valence-electron chi connectivity index (χ1n) is 6.15. The quantitative estimate of drug-likeness (QED) is 0.899. The maximum atomic E-state index is 13.5. The molecule has 0 bridgehead atoms. The van der Waals surface area contributed by atoms with Gasteiger partial charge < -0.3 is 10.1 Å². The van der Waals surface area contributed by atoms with Crippen molar-refractivity contribution in [3.8, 4) is 5.88 Å². The summed E-state index contributed by atoms with van der Waals surface area (Å²) in [4.78, 5) is 8.44. The zero-order valence-electron chi connectivity index (χ0n) is 11.0. The Balaban J connectivity index is 2.09. The lowest BCUT2D eigenvalue weighted by molar-refractivity contribution is 0.326. The van der Waals surface area contributed by atoms with E-state index in [9.17, 15) is 4.39 Å². The van der Waals surface area contributed by atoms with Gasteiger partial charge in [-0.05, 0) is 19.9 Å². The predicted molar refractivity (Wildman–Crippen MR) is 71.7 cm³/mol. The Morgan fingerprint density at radius 1 is 1.26 bits per heavy atom. The van der Waals surface area contributed by atoms with Crippen molar-refractivity contribution in [3.05, 3.63) is 47.4 Å². The van der Waals surface area contributed by atoms with Crippen LogP contribution in [0.25, 0.3) is 0 Å². The molecule has 1 heterocycles. The number of aromatic nitrogens is 2. The van der Waals surface area contributed by atoms with Crippen LogP contribution in [0.15, 0.2) is 30.3 Å². The molecule has 0 fully saturated rings. The summed E-state index contributed by atoms with van der Waals surface area (Å²) in [6.07, 6.45) is 0. The van der Waals surface area contributed by atoms with Gasteiger partial charge in [-0.15, -0.1) is 0 Å². The van der Waals surface area contributed by atoms with Crippen LogP contribution in [-0.4, -0.2) is 16.6 Å². The second-order valence-electron chi connectivity index (χ2n) is 4.05. The minimum Gasteiger partial charge on any atom is -0.478 e. The fourth-order valence-electron chi connectivity index (χ4n) is 1.66. The van der Waals surface area contributed by atoms with Gasteiger partial charge in [-0.1, -0.05) is 18.2 Å². The van der Waals surface area contributed by atoms with Gasteiger partial charge in [0.1, 0.15) is 5.82 Å². The Hall–Kier alpha value is -2.17. The van der Waals surface area contributed by atoms with Crippen LogP contribution < -0.4 is 10.1 Å². The van der Waals surface area contributed by atoms with Crippen LogP contribution in [0, 0.1) is 12.7 Å². The average molecular weight is 261 g/mol. The molecule has 0 atom stereocenters. The van der Waals surface area contributed by atoms with Gasteiger partial charge >= 0.3 is 0 Å². The number of aryl methyl sites for hydroxylation is 1. The highest BCUT2D eigenvalue weighted by molar-refractivity contribution is 5.32. The molecule has 1 N–H and O–H groups in total. The number of rotatable bonds is 5. The number of hydrogen-bond acceptors (Lipinski definition) is 4. The lowest BCUT2D eigenvalue weighted by Gasteiger charge is -2.08. The third-order valence-electron chi connectivity index (χ3n) is 2.52. The molecule has 0 aliphatic carbocycles. The highest BCUT2D eigenvalue weighted by Crippen LogP contribution is 2.13. The van der Waals surface area contributed by atoms with Gasteiger partial charge in [-0.3, -0.25) is 0 Å². The SMILES string of the molecule is CCOc1cc(C)nc(NCc2ccccc2F)n1. The first-order valence-corrected chi connectivity index (χ1v) is 6.15. The minimum absolute atomic E-state index is 0.243. The van der Waals surface area contributed by atoms with E-state index in [1.165, 1.54) is 6.07 Å². The van der Waals surface area contributed by atoms with Gasteiger partial charge in [-0.25, -0.2) is 9.37 Å². The number of hydrogen-bond donors (Lipinski definition) is 1. The zero-order chi connectivity index (χ0) is 13.7. The average Bonchev–Trinajstić information content (AvgIpc) is 2.37. The van der Waals surface area contributed by atoms with E-state index in [0.717, 1.165) is 5.69 Å².